The van der Waals surface area contributed by atoms with Crippen molar-refractivity contribution in [2.75, 3.05) is 18.0 Å². The number of fused-ring (bicyclic) bond motifs is 1. The average molecular weight is 334 g/mol. The van der Waals surface area contributed by atoms with Gasteiger partial charge in [0.15, 0.2) is 5.82 Å². The number of hydrogen-bond donors (Lipinski definition) is 0. The van der Waals surface area contributed by atoms with E-state index in [1.165, 1.54) is 10.9 Å². The van der Waals surface area contributed by atoms with E-state index in [1.54, 1.807) is 10.8 Å². The van der Waals surface area contributed by atoms with Crippen LogP contribution in [0, 0.1) is 12.8 Å². The first-order valence-electron chi connectivity index (χ1n) is 8.76. The van der Waals surface area contributed by atoms with Gasteiger partial charge in [-0.2, -0.15) is 0 Å². The fourth-order valence-corrected chi connectivity index (χ4v) is 3.68. The van der Waals surface area contributed by atoms with Gasteiger partial charge in [-0.3, -0.25) is 4.79 Å². The predicted octanol–water partition coefficient (Wildman–Crippen LogP) is 3.38. The maximum atomic E-state index is 12.8. The minimum absolute atomic E-state index is 0.0246. The normalized spacial score (nSPS) is 17.8. The van der Waals surface area contributed by atoms with E-state index in [1.807, 2.05) is 31.4 Å². The van der Waals surface area contributed by atoms with Crippen molar-refractivity contribution in [2.24, 2.45) is 13.0 Å². The van der Waals surface area contributed by atoms with Crippen molar-refractivity contribution in [3.05, 3.63) is 54.1 Å². The second-order valence-corrected chi connectivity index (χ2v) is 6.83. The molecule has 0 aliphatic carbocycles. The monoisotopic (exact) mass is 334 g/mol. The number of anilines is 1. The fraction of sp³-hybridized carbons (Fsp3) is 0.350. The van der Waals surface area contributed by atoms with E-state index >= 15 is 0 Å². The Morgan fingerprint density at radius 1 is 1.28 bits per heavy atom. The Balaban J connectivity index is 1.61. The van der Waals surface area contributed by atoms with Crippen LogP contribution in [0.1, 0.15) is 29.0 Å². The molecule has 3 aromatic rings. The maximum absolute atomic E-state index is 12.8. The lowest BCUT2D eigenvalue weighted by molar-refractivity contribution is 0.0893. The first-order valence-corrected chi connectivity index (χ1v) is 8.76. The summed E-state index contributed by atoms with van der Waals surface area (Å²) >= 11 is 0. The molecule has 0 saturated carbocycles. The van der Waals surface area contributed by atoms with Crippen LogP contribution in [0.15, 0.2) is 42.7 Å². The summed E-state index contributed by atoms with van der Waals surface area (Å²) in [7, 11) is 1.87. The predicted molar refractivity (Wildman–Crippen MR) is 99.0 cm³/mol. The lowest BCUT2D eigenvalue weighted by atomic mass is 9.93. The number of para-hydroxylation sites is 1. The Morgan fingerprint density at radius 3 is 2.92 bits per heavy atom. The van der Waals surface area contributed by atoms with E-state index < -0.39 is 0 Å². The molecule has 5 heteroatoms. The van der Waals surface area contributed by atoms with Crippen molar-refractivity contribution < 1.29 is 4.79 Å². The molecule has 5 nitrogen and oxygen atoms in total. The summed E-state index contributed by atoms with van der Waals surface area (Å²) in [6, 6.07) is 10.3. The quantitative estimate of drug-likeness (QED) is 0.689. The van der Waals surface area contributed by atoms with Crippen LogP contribution in [0.4, 0.5) is 5.82 Å². The topological polar surface area (TPSA) is 51.0 Å². The summed E-state index contributed by atoms with van der Waals surface area (Å²) < 4.78 is 1.81. The largest absolute Gasteiger partial charge is 0.356 e. The fourth-order valence-electron chi connectivity index (χ4n) is 3.68. The van der Waals surface area contributed by atoms with Crippen LogP contribution < -0.4 is 4.90 Å². The Labute approximate surface area is 147 Å². The summed E-state index contributed by atoms with van der Waals surface area (Å²) in [5.74, 6) is 1.63. The molecule has 128 valence electrons. The number of piperidine rings is 1. The number of nitrogens with zero attached hydrogens (tertiary/aromatic N) is 4. The summed E-state index contributed by atoms with van der Waals surface area (Å²) in [5, 5.41) is 1.18. The molecule has 1 aliphatic rings. The number of ketones is 1. The lowest BCUT2D eigenvalue weighted by Gasteiger charge is -2.33. The number of pyridine rings is 1. The summed E-state index contributed by atoms with van der Waals surface area (Å²) in [5.41, 5.74) is 2.23. The molecule has 2 aromatic heterocycles. The molecule has 0 bridgehead atoms. The van der Waals surface area contributed by atoms with Gasteiger partial charge in [-0.15, -0.1) is 0 Å². The van der Waals surface area contributed by atoms with E-state index in [2.05, 4.69) is 28.9 Å². The molecule has 1 fully saturated rings. The van der Waals surface area contributed by atoms with Crippen LogP contribution in [-0.2, 0) is 7.05 Å². The smallest absolute Gasteiger partial charge is 0.203 e. The number of carbonyl (C=O) groups excluding carboxylic acids is 1. The minimum Gasteiger partial charge on any atom is -0.356 e. The Morgan fingerprint density at radius 2 is 2.12 bits per heavy atom. The molecule has 0 N–H and O–H groups in total. The molecule has 0 spiro atoms. The van der Waals surface area contributed by atoms with Crippen LogP contribution in [0.2, 0.25) is 0 Å². The number of carbonyl (C=O) groups is 1. The zero-order chi connectivity index (χ0) is 17.4. The molecule has 3 heterocycles. The number of aryl methyl sites for hydroxylation is 2. The molecule has 25 heavy (non-hydrogen) atoms. The second kappa shape index (κ2) is 6.31. The molecule has 1 aromatic carbocycles. The standard InChI is InChI=1S/C20H22N4O/c1-14-12-18(22-17-8-4-3-7-16(14)17)24-10-5-6-15(13-24)19(25)20-21-9-11-23(20)2/h3-4,7-9,11-12,15H,5-6,10,13H2,1-2H3/t15-/m0/s1. The van der Waals surface area contributed by atoms with Gasteiger partial charge in [0.05, 0.1) is 5.52 Å². The zero-order valence-electron chi connectivity index (χ0n) is 14.6. The third-order valence-electron chi connectivity index (χ3n) is 5.07. The number of hydrogen-bond acceptors (Lipinski definition) is 4. The number of Topliss-reactive ketones (excluding diaryl/α,β-unsaturated/α-hetero) is 1. The molecule has 1 saturated heterocycles. The van der Waals surface area contributed by atoms with Crippen LogP contribution in [-0.4, -0.2) is 33.4 Å². The number of imidazole rings is 1. The van der Waals surface area contributed by atoms with Gasteiger partial charge < -0.3 is 9.47 Å². The van der Waals surface area contributed by atoms with Gasteiger partial charge in [-0.05, 0) is 37.5 Å². The minimum atomic E-state index is -0.0246. The average Bonchev–Trinajstić information content (AvgIpc) is 3.07. The second-order valence-electron chi connectivity index (χ2n) is 6.83. The van der Waals surface area contributed by atoms with Crippen molar-refractivity contribution in [1.29, 1.82) is 0 Å². The Bertz CT molecular complexity index is 930. The van der Waals surface area contributed by atoms with E-state index in [0.717, 1.165) is 30.7 Å². The highest BCUT2D eigenvalue weighted by Gasteiger charge is 2.29. The van der Waals surface area contributed by atoms with Crippen LogP contribution >= 0.6 is 0 Å². The lowest BCUT2D eigenvalue weighted by Crippen LogP contribution is -2.39. The van der Waals surface area contributed by atoms with Crippen molar-refractivity contribution in [3.63, 3.8) is 0 Å². The Kier molecular flexibility index (Phi) is 3.99. The molecule has 0 radical (unpaired) electrons. The third-order valence-corrected chi connectivity index (χ3v) is 5.07. The van der Waals surface area contributed by atoms with Crippen molar-refractivity contribution in [2.45, 2.75) is 19.8 Å². The van der Waals surface area contributed by atoms with Gasteiger partial charge in [-0.1, -0.05) is 18.2 Å². The van der Waals surface area contributed by atoms with Gasteiger partial charge in [0.2, 0.25) is 5.78 Å². The first kappa shape index (κ1) is 15.8. The van der Waals surface area contributed by atoms with Crippen LogP contribution in [0.5, 0.6) is 0 Å². The van der Waals surface area contributed by atoms with E-state index in [9.17, 15) is 4.79 Å². The Hall–Kier alpha value is -2.69. The van der Waals surface area contributed by atoms with Crippen molar-refractivity contribution in [1.82, 2.24) is 14.5 Å². The number of benzene rings is 1. The SMILES string of the molecule is Cc1cc(N2CCC[C@H](C(=O)c3nccn3C)C2)nc2ccccc12. The third kappa shape index (κ3) is 2.90. The highest BCUT2D eigenvalue weighted by molar-refractivity contribution is 5.95. The molecule has 0 amide bonds. The number of rotatable bonds is 3. The molecular formula is C20H22N4O. The first-order chi connectivity index (χ1) is 12.1. The highest BCUT2D eigenvalue weighted by Crippen LogP contribution is 2.27. The van der Waals surface area contributed by atoms with Gasteiger partial charge in [0.1, 0.15) is 5.82 Å². The van der Waals surface area contributed by atoms with Gasteiger partial charge in [0, 0.05) is 43.8 Å². The molecule has 1 aliphatic heterocycles. The van der Waals surface area contributed by atoms with E-state index in [4.69, 9.17) is 4.98 Å². The molecular weight excluding hydrogens is 312 g/mol. The molecule has 1 atom stereocenters. The van der Waals surface area contributed by atoms with E-state index in [-0.39, 0.29) is 11.7 Å². The van der Waals surface area contributed by atoms with Gasteiger partial charge in [0.25, 0.3) is 0 Å². The zero-order valence-corrected chi connectivity index (χ0v) is 14.6. The summed E-state index contributed by atoms with van der Waals surface area (Å²) in [6.07, 6.45) is 5.41. The highest BCUT2D eigenvalue weighted by atomic mass is 16.1. The summed E-state index contributed by atoms with van der Waals surface area (Å²) in [4.78, 5) is 24.1. The van der Waals surface area contributed by atoms with Crippen LogP contribution in [0.25, 0.3) is 10.9 Å². The van der Waals surface area contributed by atoms with Gasteiger partial charge in [-0.25, -0.2) is 9.97 Å². The van der Waals surface area contributed by atoms with Gasteiger partial charge >= 0.3 is 0 Å². The van der Waals surface area contributed by atoms with E-state index in [0.29, 0.717) is 12.4 Å². The van der Waals surface area contributed by atoms with Crippen LogP contribution in [0.3, 0.4) is 0 Å². The van der Waals surface area contributed by atoms with Crippen molar-refractivity contribution >= 4 is 22.5 Å². The van der Waals surface area contributed by atoms with Crippen molar-refractivity contribution in [3.8, 4) is 0 Å². The molecule has 0 unspecified atom stereocenters. The number of aromatic nitrogens is 3. The summed E-state index contributed by atoms with van der Waals surface area (Å²) in [6.45, 7) is 3.76. The molecule has 4 rings (SSSR count). The maximum Gasteiger partial charge on any atom is 0.203 e.